The molecule has 0 bridgehead atoms. The van der Waals surface area contributed by atoms with E-state index in [1.807, 2.05) is 6.92 Å². The summed E-state index contributed by atoms with van der Waals surface area (Å²) in [6.45, 7) is 3.89. The molecule has 0 aromatic heterocycles. The van der Waals surface area contributed by atoms with Crippen molar-refractivity contribution in [2.45, 2.75) is 18.7 Å². The first kappa shape index (κ1) is 13.2. The van der Waals surface area contributed by atoms with Crippen LogP contribution in [0.4, 0.5) is 0 Å². The summed E-state index contributed by atoms with van der Waals surface area (Å²) < 4.78 is 26.0. The molecule has 5 heteroatoms. The second-order valence-electron chi connectivity index (χ2n) is 3.95. The van der Waals surface area contributed by atoms with Crippen molar-refractivity contribution in [1.29, 1.82) is 0 Å². The number of rotatable bonds is 5. The Morgan fingerprint density at radius 1 is 1.31 bits per heavy atom. The maximum atomic E-state index is 11.8. The number of benzene rings is 1. The average molecular weight is 243 g/mol. The average Bonchev–Trinajstić information content (AvgIpc) is 2.26. The lowest BCUT2D eigenvalue weighted by molar-refractivity contribution is 0.238. The first-order chi connectivity index (χ1) is 7.45. The molecule has 0 heterocycles. The summed E-state index contributed by atoms with van der Waals surface area (Å²) in [6, 6.07) is 6.65. The van der Waals surface area contributed by atoms with E-state index < -0.39 is 10.0 Å². The molecule has 1 atom stereocenters. The summed E-state index contributed by atoms with van der Waals surface area (Å²) >= 11 is 0. The van der Waals surface area contributed by atoms with Crippen LogP contribution in [-0.4, -0.2) is 26.7 Å². The molecule has 0 fully saturated rings. The molecule has 0 saturated carbocycles. The largest absolute Gasteiger partial charge is 0.396 e. The van der Waals surface area contributed by atoms with Crippen LogP contribution in [0.1, 0.15) is 12.5 Å². The maximum absolute atomic E-state index is 11.8. The van der Waals surface area contributed by atoms with Gasteiger partial charge in [-0.1, -0.05) is 24.6 Å². The minimum atomic E-state index is -3.44. The van der Waals surface area contributed by atoms with E-state index in [2.05, 4.69) is 4.72 Å². The van der Waals surface area contributed by atoms with E-state index in [-0.39, 0.29) is 24.0 Å². The zero-order chi connectivity index (χ0) is 12.2. The van der Waals surface area contributed by atoms with Crippen LogP contribution >= 0.6 is 0 Å². The van der Waals surface area contributed by atoms with Crippen LogP contribution in [0.15, 0.2) is 29.2 Å². The standard InChI is InChI=1S/C11H17NO3S/c1-9-3-5-11(6-4-9)16(14,15)12-7-10(2)8-13/h3-6,10,12-13H,7-8H2,1-2H3. The summed E-state index contributed by atoms with van der Waals surface area (Å²) in [7, 11) is -3.44. The highest BCUT2D eigenvalue weighted by molar-refractivity contribution is 7.89. The third kappa shape index (κ3) is 3.59. The number of hydrogen-bond acceptors (Lipinski definition) is 3. The van der Waals surface area contributed by atoms with E-state index >= 15 is 0 Å². The van der Waals surface area contributed by atoms with Crippen LogP contribution in [0.3, 0.4) is 0 Å². The van der Waals surface area contributed by atoms with E-state index in [1.54, 1.807) is 31.2 Å². The van der Waals surface area contributed by atoms with E-state index in [1.165, 1.54) is 0 Å². The normalized spacial score (nSPS) is 13.7. The Morgan fingerprint density at radius 3 is 2.38 bits per heavy atom. The van der Waals surface area contributed by atoms with Gasteiger partial charge in [-0.15, -0.1) is 0 Å². The van der Waals surface area contributed by atoms with Crippen molar-refractivity contribution in [2.75, 3.05) is 13.2 Å². The van der Waals surface area contributed by atoms with Crippen molar-refractivity contribution in [1.82, 2.24) is 4.72 Å². The Kier molecular flexibility index (Phi) is 4.46. The molecule has 0 saturated heterocycles. The predicted molar refractivity (Wildman–Crippen MR) is 62.6 cm³/mol. The zero-order valence-electron chi connectivity index (χ0n) is 9.47. The molecule has 90 valence electrons. The third-order valence-corrected chi connectivity index (χ3v) is 3.70. The molecule has 0 amide bonds. The number of hydrogen-bond donors (Lipinski definition) is 2. The lowest BCUT2D eigenvalue weighted by Crippen LogP contribution is -2.29. The number of aliphatic hydroxyl groups excluding tert-OH is 1. The molecule has 0 aliphatic rings. The maximum Gasteiger partial charge on any atom is 0.240 e. The summed E-state index contributed by atoms with van der Waals surface area (Å²) in [4.78, 5) is 0.253. The molecule has 1 aromatic rings. The molecule has 2 N–H and O–H groups in total. The lowest BCUT2D eigenvalue weighted by Gasteiger charge is -2.10. The second-order valence-corrected chi connectivity index (χ2v) is 5.72. The van der Waals surface area contributed by atoms with E-state index in [0.717, 1.165) is 5.56 Å². The predicted octanol–water partition coefficient (Wildman–Crippen LogP) is 0.902. The molecule has 1 aromatic carbocycles. The highest BCUT2D eigenvalue weighted by Gasteiger charge is 2.14. The van der Waals surface area contributed by atoms with Crippen molar-refractivity contribution >= 4 is 10.0 Å². The van der Waals surface area contributed by atoms with Gasteiger partial charge in [0.1, 0.15) is 0 Å². The Morgan fingerprint density at radius 2 is 1.88 bits per heavy atom. The van der Waals surface area contributed by atoms with E-state index in [4.69, 9.17) is 5.11 Å². The number of sulfonamides is 1. The van der Waals surface area contributed by atoms with Crippen LogP contribution in [0.5, 0.6) is 0 Å². The van der Waals surface area contributed by atoms with Crippen molar-refractivity contribution in [3.63, 3.8) is 0 Å². The molecule has 16 heavy (non-hydrogen) atoms. The van der Waals surface area contributed by atoms with Crippen molar-refractivity contribution in [3.8, 4) is 0 Å². The number of aryl methyl sites for hydroxylation is 1. The zero-order valence-corrected chi connectivity index (χ0v) is 10.3. The van der Waals surface area contributed by atoms with Gasteiger partial charge in [0.05, 0.1) is 4.90 Å². The first-order valence-electron chi connectivity index (χ1n) is 5.13. The van der Waals surface area contributed by atoms with Crippen molar-refractivity contribution in [2.24, 2.45) is 5.92 Å². The Balaban J connectivity index is 2.74. The fraction of sp³-hybridized carbons (Fsp3) is 0.455. The van der Waals surface area contributed by atoms with Gasteiger partial charge in [0, 0.05) is 13.2 Å². The fourth-order valence-corrected chi connectivity index (χ4v) is 2.28. The quantitative estimate of drug-likeness (QED) is 0.807. The van der Waals surface area contributed by atoms with Crippen LogP contribution in [0.25, 0.3) is 0 Å². The summed E-state index contributed by atoms with van der Waals surface area (Å²) in [6.07, 6.45) is 0. The van der Waals surface area contributed by atoms with Gasteiger partial charge in [0.2, 0.25) is 10.0 Å². The second kappa shape index (κ2) is 5.43. The topological polar surface area (TPSA) is 66.4 Å². The summed E-state index contributed by atoms with van der Waals surface area (Å²) in [5, 5.41) is 8.80. The Labute approximate surface area is 96.4 Å². The van der Waals surface area contributed by atoms with Gasteiger partial charge < -0.3 is 5.11 Å². The highest BCUT2D eigenvalue weighted by Crippen LogP contribution is 2.09. The highest BCUT2D eigenvalue weighted by atomic mass is 32.2. The van der Waals surface area contributed by atoms with Crippen molar-refractivity contribution < 1.29 is 13.5 Å². The number of nitrogens with one attached hydrogen (secondary N) is 1. The van der Waals surface area contributed by atoms with Gasteiger partial charge in [0.25, 0.3) is 0 Å². The Bertz CT molecular complexity index is 425. The van der Waals surface area contributed by atoms with E-state index in [0.29, 0.717) is 0 Å². The SMILES string of the molecule is Cc1ccc(S(=O)(=O)NCC(C)CO)cc1. The lowest BCUT2D eigenvalue weighted by atomic mass is 10.2. The molecular weight excluding hydrogens is 226 g/mol. The summed E-state index contributed by atoms with van der Waals surface area (Å²) in [5.41, 5.74) is 1.02. The van der Waals surface area contributed by atoms with Gasteiger partial charge in [-0.05, 0) is 25.0 Å². The molecule has 1 unspecified atom stereocenters. The van der Waals surface area contributed by atoms with E-state index in [9.17, 15) is 8.42 Å². The molecule has 1 rings (SSSR count). The van der Waals surface area contributed by atoms with Gasteiger partial charge >= 0.3 is 0 Å². The monoisotopic (exact) mass is 243 g/mol. The molecule has 4 nitrogen and oxygen atoms in total. The van der Waals surface area contributed by atoms with Gasteiger partial charge in [-0.3, -0.25) is 0 Å². The van der Waals surface area contributed by atoms with Gasteiger partial charge in [-0.25, -0.2) is 13.1 Å². The molecule has 0 aliphatic carbocycles. The summed E-state index contributed by atoms with van der Waals surface area (Å²) in [5.74, 6) is -0.0831. The molecule has 0 radical (unpaired) electrons. The Hall–Kier alpha value is -0.910. The van der Waals surface area contributed by atoms with Crippen molar-refractivity contribution in [3.05, 3.63) is 29.8 Å². The molecular formula is C11H17NO3S. The van der Waals surface area contributed by atoms with Crippen LogP contribution < -0.4 is 4.72 Å². The van der Waals surface area contributed by atoms with Gasteiger partial charge in [0.15, 0.2) is 0 Å². The first-order valence-corrected chi connectivity index (χ1v) is 6.61. The van der Waals surface area contributed by atoms with Gasteiger partial charge in [-0.2, -0.15) is 0 Å². The number of aliphatic hydroxyl groups is 1. The third-order valence-electron chi connectivity index (χ3n) is 2.26. The minimum absolute atomic E-state index is 0.0313. The van der Waals surface area contributed by atoms with Crippen LogP contribution in [-0.2, 0) is 10.0 Å². The smallest absolute Gasteiger partial charge is 0.240 e. The fourth-order valence-electron chi connectivity index (χ4n) is 1.12. The minimum Gasteiger partial charge on any atom is -0.396 e. The molecule has 0 spiro atoms. The molecule has 0 aliphatic heterocycles. The van der Waals surface area contributed by atoms with Crippen LogP contribution in [0, 0.1) is 12.8 Å². The van der Waals surface area contributed by atoms with Crippen LogP contribution in [0.2, 0.25) is 0 Å².